The molecule has 0 saturated carbocycles. The summed E-state index contributed by atoms with van der Waals surface area (Å²) >= 11 is 6.83. The third-order valence-electron chi connectivity index (χ3n) is 6.33. The van der Waals surface area contributed by atoms with Crippen molar-refractivity contribution >= 4 is 33.1 Å². The molecule has 0 fully saturated rings. The topological polar surface area (TPSA) is 0 Å². The molecule has 0 N–H and O–H groups in total. The molecule has 6 aromatic rings. The maximum absolute atomic E-state index is 6.83. The SMILES string of the molecule is Clc1cc(-c2ccccc2)c(-c2ccc3c(ccc4ccccc43)c2)cc1-c1ccccc1. The van der Waals surface area contributed by atoms with Crippen molar-refractivity contribution in [1.29, 1.82) is 0 Å². The highest BCUT2D eigenvalue weighted by molar-refractivity contribution is 6.34. The van der Waals surface area contributed by atoms with E-state index in [2.05, 4.69) is 115 Å². The Balaban J connectivity index is 1.61. The lowest BCUT2D eigenvalue weighted by atomic mass is 9.89. The van der Waals surface area contributed by atoms with Crippen LogP contribution in [0.1, 0.15) is 0 Å². The van der Waals surface area contributed by atoms with Gasteiger partial charge in [0.2, 0.25) is 0 Å². The number of fused-ring (bicyclic) bond motifs is 3. The van der Waals surface area contributed by atoms with Crippen LogP contribution in [0.15, 0.2) is 127 Å². The van der Waals surface area contributed by atoms with Gasteiger partial charge in [0.15, 0.2) is 0 Å². The second-order valence-corrected chi connectivity index (χ2v) is 8.74. The Hall–Kier alpha value is -3.87. The van der Waals surface area contributed by atoms with Crippen molar-refractivity contribution in [1.82, 2.24) is 0 Å². The van der Waals surface area contributed by atoms with E-state index < -0.39 is 0 Å². The third kappa shape index (κ3) is 3.59. The van der Waals surface area contributed by atoms with E-state index in [0.29, 0.717) is 0 Å². The summed E-state index contributed by atoms with van der Waals surface area (Å²) in [6, 6.07) is 45.0. The van der Waals surface area contributed by atoms with Crippen LogP contribution in [0.5, 0.6) is 0 Å². The number of benzene rings is 6. The molecule has 0 radical (unpaired) electrons. The summed E-state index contributed by atoms with van der Waals surface area (Å²) in [7, 11) is 0. The van der Waals surface area contributed by atoms with Crippen molar-refractivity contribution in [2.75, 3.05) is 0 Å². The van der Waals surface area contributed by atoms with Crippen LogP contribution >= 0.6 is 11.6 Å². The molecular formula is C32H21Cl. The summed E-state index contributed by atoms with van der Waals surface area (Å²) in [5.74, 6) is 0. The molecule has 0 saturated heterocycles. The first-order valence-corrected chi connectivity index (χ1v) is 11.5. The van der Waals surface area contributed by atoms with E-state index in [4.69, 9.17) is 11.6 Å². The van der Waals surface area contributed by atoms with Crippen LogP contribution in [0.4, 0.5) is 0 Å². The summed E-state index contributed by atoms with van der Waals surface area (Å²) < 4.78 is 0. The van der Waals surface area contributed by atoms with Crippen LogP contribution in [0, 0.1) is 0 Å². The molecule has 6 rings (SSSR count). The van der Waals surface area contributed by atoms with Crippen molar-refractivity contribution in [3.63, 3.8) is 0 Å². The maximum Gasteiger partial charge on any atom is 0.0491 e. The van der Waals surface area contributed by atoms with Crippen molar-refractivity contribution in [2.24, 2.45) is 0 Å². The Labute approximate surface area is 198 Å². The van der Waals surface area contributed by atoms with Gasteiger partial charge < -0.3 is 0 Å². The Kier molecular flexibility index (Phi) is 4.94. The van der Waals surface area contributed by atoms with E-state index in [1.807, 2.05) is 12.1 Å². The van der Waals surface area contributed by atoms with Crippen molar-refractivity contribution < 1.29 is 0 Å². The predicted molar refractivity (Wildman–Crippen MR) is 143 cm³/mol. The normalized spacial score (nSPS) is 11.2. The summed E-state index contributed by atoms with van der Waals surface area (Å²) in [6.45, 7) is 0. The van der Waals surface area contributed by atoms with E-state index in [0.717, 1.165) is 27.3 Å². The molecule has 0 aliphatic carbocycles. The van der Waals surface area contributed by atoms with Crippen LogP contribution in [0.25, 0.3) is 54.9 Å². The zero-order chi connectivity index (χ0) is 22.2. The Bertz CT molecular complexity index is 1600. The standard InChI is InChI=1S/C32H21Cl/c33-32-21-30(22-9-3-1-4-10-22)29(20-31(32)23-11-5-2-6-12-23)26-17-18-28-25(19-26)16-15-24-13-7-8-14-27(24)28/h1-21H. The largest absolute Gasteiger partial charge is 0.0836 e. The molecular weight excluding hydrogens is 420 g/mol. The van der Waals surface area contributed by atoms with Crippen LogP contribution in [-0.2, 0) is 0 Å². The van der Waals surface area contributed by atoms with Crippen molar-refractivity contribution in [3.8, 4) is 33.4 Å². The van der Waals surface area contributed by atoms with Crippen molar-refractivity contribution in [3.05, 3.63) is 132 Å². The van der Waals surface area contributed by atoms with Gasteiger partial charge in [-0.25, -0.2) is 0 Å². The van der Waals surface area contributed by atoms with E-state index in [-0.39, 0.29) is 0 Å². The van der Waals surface area contributed by atoms with E-state index in [1.54, 1.807) is 0 Å². The summed E-state index contributed by atoms with van der Waals surface area (Å²) in [6.07, 6.45) is 0. The summed E-state index contributed by atoms with van der Waals surface area (Å²) in [5.41, 5.74) is 6.83. The van der Waals surface area contributed by atoms with Crippen LogP contribution < -0.4 is 0 Å². The van der Waals surface area contributed by atoms with Gasteiger partial charge in [0, 0.05) is 10.6 Å². The van der Waals surface area contributed by atoms with E-state index >= 15 is 0 Å². The molecule has 156 valence electrons. The molecule has 0 bridgehead atoms. The van der Waals surface area contributed by atoms with E-state index in [1.165, 1.54) is 32.7 Å². The van der Waals surface area contributed by atoms with Gasteiger partial charge in [-0.3, -0.25) is 0 Å². The first-order chi connectivity index (χ1) is 16.3. The van der Waals surface area contributed by atoms with Crippen LogP contribution in [0.2, 0.25) is 5.02 Å². The minimum Gasteiger partial charge on any atom is -0.0836 e. The fourth-order valence-corrected chi connectivity index (χ4v) is 4.96. The molecule has 0 amide bonds. The Morgan fingerprint density at radius 1 is 0.364 bits per heavy atom. The maximum atomic E-state index is 6.83. The minimum absolute atomic E-state index is 0.760. The van der Waals surface area contributed by atoms with Gasteiger partial charge in [-0.2, -0.15) is 0 Å². The van der Waals surface area contributed by atoms with Crippen LogP contribution in [0.3, 0.4) is 0 Å². The zero-order valence-electron chi connectivity index (χ0n) is 18.0. The second-order valence-electron chi connectivity index (χ2n) is 8.33. The first kappa shape index (κ1) is 19.8. The molecule has 0 aromatic heterocycles. The molecule has 6 aromatic carbocycles. The monoisotopic (exact) mass is 440 g/mol. The Morgan fingerprint density at radius 2 is 0.939 bits per heavy atom. The fourth-order valence-electron chi connectivity index (χ4n) is 4.69. The average Bonchev–Trinajstić information content (AvgIpc) is 2.89. The van der Waals surface area contributed by atoms with Gasteiger partial charge in [0.1, 0.15) is 0 Å². The molecule has 0 spiro atoms. The zero-order valence-corrected chi connectivity index (χ0v) is 18.8. The van der Waals surface area contributed by atoms with Gasteiger partial charge >= 0.3 is 0 Å². The quantitative estimate of drug-likeness (QED) is 0.240. The fraction of sp³-hybridized carbons (Fsp3) is 0. The minimum atomic E-state index is 0.760. The number of hydrogen-bond donors (Lipinski definition) is 0. The van der Waals surface area contributed by atoms with Gasteiger partial charge in [-0.1, -0.05) is 121 Å². The third-order valence-corrected chi connectivity index (χ3v) is 6.65. The lowest BCUT2D eigenvalue weighted by Gasteiger charge is -2.16. The first-order valence-electron chi connectivity index (χ1n) is 11.1. The summed E-state index contributed by atoms with van der Waals surface area (Å²) in [5, 5.41) is 5.82. The highest BCUT2D eigenvalue weighted by atomic mass is 35.5. The lowest BCUT2D eigenvalue weighted by molar-refractivity contribution is 1.57. The number of halogens is 1. The molecule has 0 aliphatic heterocycles. The predicted octanol–water partition coefficient (Wildman–Crippen LogP) is 9.65. The molecule has 0 aliphatic rings. The summed E-state index contributed by atoms with van der Waals surface area (Å²) in [4.78, 5) is 0. The number of rotatable bonds is 3. The smallest absolute Gasteiger partial charge is 0.0491 e. The van der Waals surface area contributed by atoms with Gasteiger partial charge in [0.25, 0.3) is 0 Å². The van der Waals surface area contributed by atoms with Gasteiger partial charge in [-0.15, -0.1) is 0 Å². The Morgan fingerprint density at radius 3 is 1.70 bits per heavy atom. The number of hydrogen-bond acceptors (Lipinski definition) is 0. The highest BCUT2D eigenvalue weighted by Crippen LogP contribution is 2.41. The van der Waals surface area contributed by atoms with Gasteiger partial charge in [0.05, 0.1) is 0 Å². The molecule has 1 heteroatoms. The average molecular weight is 441 g/mol. The van der Waals surface area contributed by atoms with E-state index in [9.17, 15) is 0 Å². The van der Waals surface area contributed by atoms with Crippen molar-refractivity contribution in [2.45, 2.75) is 0 Å². The molecule has 0 atom stereocenters. The second kappa shape index (κ2) is 8.24. The van der Waals surface area contributed by atoms with Crippen LogP contribution in [-0.4, -0.2) is 0 Å². The molecule has 33 heavy (non-hydrogen) atoms. The highest BCUT2D eigenvalue weighted by Gasteiger charge is 2.14. The lowest BCUT2D eigenvalue weighted by Crippen LogP contribution is -1.90. The van der Waals surface area contributed by atoms with Gasteiger partial charge in [-0.05, 0) is 67.6 Å². The molecule has 0 heterocycles. The molecule has 0 nitrogen and oxygen atoms in total. The molecule has 0 unspecified atom stereocenters.